The highest BCUT2D eigenvalue weighted by Crippen LogP contribution is 2.27. The van der Waals surface area contributed by atoms with Crippen LogP contribution in [0.3, 0.4) is 0 Å². The van der Waals surface area contributed by atoms with Gasteiger partial charge in [0.15, 0.2) is 5.69 Å². The van der Waals surface area contributed by atoms with E-state index in [4.69, 9.17) is 16.0 Å². The third-order valence-electron chi connectivity index (χ3n) is 3.22. The lowest BCUT2D eigenvalue weighted by atomic mass is 10.2. The Bertz CT molecular complexity index is 873. The van der Waals surface area contributed by atoms with Crippen molar-refractivity contribution in [1.82, 2.24) is 4.98 Å². The quantitative estimate of drug-likeness (QED) is 0.598. The Labute approximate surface area is 146 Å². The zero-order chi connectivity index (χ0) is 16.4. The number of rotatable bonds is 3. The van der Waals surface area contributed by atoms with Gasteiger partial charge in [-0.05, 0) is 48.9 Å². The molecule has 1 N–H and O–H groups in total. The Hall–Kier alpha value is -2.11. The number of aromatic hydroxyl groups is 1. The summed E-state index contributed by atoms with van der Waals surface area (Å²) in [6.07, 6.45) is 1.45. The molecule has 0 amide bonds. The van der Waals surface area contributed by atoms with E-state index in [1.54, 1.807) is 6.07 Å². The van der Waals surface area contributed by atoms with Crippen molar-refractivity contribution in [3.63, 3.8) is 0 Å². The van der Waals surface area contributed by atoms with Crippen molar-refractivity contribution < 1.29 is 9.52 Å². The van der Waals surface area contributed by atoms with Gasteiger partial charge in [-0.25, -0.2) is 4.98 Å². The molecule has 3 rings (SSSR count). The molecule has 3 aromatic rings. The van der Waals surface area contributed by atoms with Crippen molar-refractivity contribution in [1.29, 1.82) is 0 Å². The van der Waals surface area contributed by atoms with Gasteiger partial charge in [-0.3, -0.25) is 4.99 Å². The third-order valence-corrected chi connectivity index (χ3v) is 4.15. The first-order valence-electron chi connectivity index (χ1n) is 6.79. The van der Waals surface area contributed by atoms with Crippen LogP contribution in [0, 0.1) is 6.92 Å². The Morgan fingerprint density at radius 3 is 2.65 bits per heavy atom. The largest absolute Gasteiger partial charge is 0.479 e. The van der Waals surface area contributed by atoms with E-state index in [2.05, 4.69) is 25.9 Å². The van der Waals surface area contributed by atoms with E-state index >= 15 is 0 Å². The number of aryl methyl sites for hydroxylation is 1. The highest BCUT2D eigenvalue weighted by atomic mass is 79.9. The molecule has 0 aliphatic heterocycles. The summed E-state index contributed by atoms with van der Waals surface area (Å²) in [6.45, 7) is 1.92. The number of nitrogens with zero attached hydrogens (tertiary/aromatic N) is 2. The zero-order valence-electron chi connectivity index (χ0n) is 12.1. The summed E-state index contributed by atoms with van der Waals surface area (Å²) in [7, 11) is 0. The van der Waals surface area contributed by atoms with Gasteiger partial charge in [-0.15, -0.1) is 0 Å². The minimum absolute atomic E-state index is 0.264. The number of hydrogen-bond acceptors (Lipinski definition) is 4. The van der Waals surface area contributed by atoms with Crippen molar-refractivity contribution in [3.05, 3.63) is 63.2 Å². The van der Waals surface area contributed by atoms with E-state index in [1.165, 1.54) is 6.21 Å². The van der Waals surface area contributed by atoms with Crippen LogP contribution >= 0.6 is 27.5 Å². The van der Waals surface area contributed by atoms with Crippen LogP contribution in [0.25, 0.3) is 11.5 Å². The van der Waals surface area contributed by atoms with E-state index in [1.807, 2.05) is 43.3 Å². The molecular weight excluding hydrogens is 380 g/mol. The second kappa shape index (κ2) is 6.56. The summed E-state index contributed by atoms with van der Waals surface area (Å²) in [6, 6.07) is 12.9. The predicted octanol–water partition coefficient (Wildman–Crippen LogP) is 5.52. The summed E-state index contributed by atoms with van der Waals surface area (Å²) in [4.78, 5) is 8.51. The number of hydrogen-bond donors (Lipinski definition) is 1. The Morgan fingerprint density at radius 2 is 1.96 bits per heavy atom. The molecule has 0 saturated heterocycles. The summed E-state index contributed by atoms with van der Waals surface area (Å²) < 4.78 is 6.24. The predicted molar refractivity (Wildman–Crippen MR) is 94.7 cm³/mol. The average Bonchev–Trinajstić information content (AvgIpc) is 2.90. The van der Waals surface area contributed by atoms with E-state index in [0.29, 0.717) is 16.6 Å². The highest BCUT2D eigenvalue weighted by Gasteiger charge is 2.12. The van der Waals surface area contributed by atoms with Crippen LogP contribution in [0.5, 0.6) is 5.95 Å². The molecule has 1 heterocycles. The van der Waals surface area contributed by atoms with Crippen molar-refractivity contribution in [2.24, 2.45) is 4.99 Å². The number of aromatic nitrogens is 1. The van der Waals surface area contributed by atoms with Crippen LogP contribution in [0.4, 0.5) is 5.69 Å². The molecule has 0 unspecified atom stereocenters. The lowest BCUT2D eigenvalue weighted by Gasteiger charge is -1.97. The second-order valence-electron chi connectivity index (χ2n) is 4.91. The fraction of sp³-hybridized carbons (Fsp3) is 0.0588. The molecule has 0 fully saturated rings. The molecular formula is C17H12BrClN2O2. The Balaban J connectivity index is 1.87. The number of halogens is 2. The van der Waals surface area contributed by atoms with Crippen molar-refractivity contribution in [2.75, 3.05) is 0 Å². The van der Waals surface area contributed by atoms with Gasteiger partial charge in [0.05, 0.1) is 11.9 Å². The molecule has 4 nitrogen and oxygen atoms in total. The van der Waals surface area contributed by atoms with Gasteiger partial charge >= 0.3 is 5.95 Å². The standard InChI is InChI=1S/C17H12BrClN2O2/c1-10-2-7-13(8-14(10)19)20-9-15-17(22)23-16(21-15)11-3-5-12(18)6-4-11/h2-9,22H,1H3. The fourth-order valence-corrected chi connectivity index (χ4v) is 2.36. The van der Waals surface area contributed by atoms with Crippen molar-refractivity contribution in [3.8, 4) is 17.4 Å². The lowest BCUT2D eigenvalue weighted by Crippen LogP contribution is -1.83. The first-order chi connectivity index (χ1) is 11.0. The van der Waals surface area contributed by atoms with Crippen molar-refractivity contribution in [2.45, 2.75) is 6.92 Å². The SMILES string of the molecule is Cc1ccc(N=Cc2nc(-c3ccc(Br)cc3)oc2O)cc1Cl. The number of benzene rings is 2. The Morgan fingerprint density at radius 1 is 1.22 bits per heavy atom. The third kappa shape index (κ3) is 3.63. The zero-order valence-corrected chi connectivity index (χ0v) is 14.5. The van der Waals surface area contributed by atoms with Gasteiger partial charge in [-0.1, -0.05) is 33.6 Å². The topological polar surface area (TPSA) is 58.6 Å². The van der Waals surface area contributed by atoms with E-state index in [0.717, 1.165) is 15.6 Å². The van der Waals surface area contributed by atoms with Crippen LogP contribution in [0.2, 0.25) is 5.02 Å². The molecule has 0 aliphatic rings. The van der Waals surface area contributed by atoms with Gasteiger partial charge in [0.1, 0.15) is 0 Å². The minimum atomic E-state index is -0.273. The molecule has 0 spiro atoms. The average molecular weight is 392 g/mol. The summed E-state index contributed by atoms with van der Waals surface area (Å²) >= 11 is 9.43. The molecule has 23 heavy (non-hydrogen) atoms. The van der Waals surface area contributed by atoms with Gasteiger partial charge in [0.2, 0.25) is 5.89 Å². The van der Waals surface area contributed by atoms with Gasteiger partial charge in [-0.2, -0.15) is 0 Å². The van der Waals surface area contributed by atoms with E-state index in [-0.39, 0.29) is 11.6 Å². The minimum Gasteiger partial charge on any atom is -0.479 e. The highest BCUT2D eigenvalue weighted by molar-refractivity contribution is 9.10. The second-order valence-corrected chi connectivity index (χ2v) is 6.23. The van der Waals surface area contributed by atoms with Gasteiger partial charge in [0.25, 0.3) is 0 Å². The molecule has 0 aliphatic carbocycles. The summed E-state index contributed by atoms with van der Waals surface area (Å²) in [5, 5.41) is 10.5. The summed E-state index contributed by atoms with van der Waals surface area (Å²) in [5.41, 5.74) is 2.68. The molecule has 0 saturated carbocycles. The van der Waals surface area contributed by atoms with E-state index in [9.17, 15) is 5.11 Å². The lowest BCUT2D eigenvalue weighted by molar-refractivity contribution is 0.337. The van der Waals surface area contributed by atoms with E-state index < -0.39 is 0 Å². The van der Waals surface area contributed by atoms with Crippen LogP contribution in [0.15, 0.2) is 56.3 Å². The van der Waals surface area contributed by atoms with Gasteiger partial charge < -0.3 is 9.52 Å². The number of aliphatic imine (C=N–C) groups is 1. The smallest absolute Gasteiger partial charge is 0.312 e. The molecule has 0 bridgehead atoms. The Kier molecular flexibility index (Phi) is 4.50. The normalized spacial score (nSPS) is 11.3. The first-order valence-corrected chi connectivity index (χ1v) is 7.96. The van der Waals surface area contributed by atoms with Crippen LogP contribution in [0.1, 0.15) is 11.3 Å². The molecule has 0 radical (unpaired) electrons. The molecule has 1 aromatic heterocycles. The molecule has 6 heteroatoms. The summed E-state index contributed by atoms with van der Waals surface area (Å²) in [5.74, 6) is 0.0586. The molecule has 2 aromatic carbocycles. The van der Waals surface area contributed by atoms with Gasteiger partial charge in [0, 0.05) is 15.1 Å². The monoisotopic (exact) mass is 390 g/mol. The maximum absolute atomic E-state index is 9.87. The molecule has 116 valence electrons. The van der Waals surface area contributed by atoms with Crippen LogP contribution in [-0.2, 0) is 0 Å². The fourth-order valence-electron chi connectivity index (χ4n) is 1.92. The molecule has 0 atom stereocenters. The van der Waals surface area contributed by atoms with Crippen LogP contribution in [-0.4, -0.2) is 16.3 Å². The number of oxazole rings is 1. The van der Waals surface area contributed by atoms with Crippen molar-refractivity contribution >= 4 is 39.4 Å². The maximum atomic E-state index is 9.87. The first kappa shape index (κ1) is 15.8. The maximum Gasteiger partial charge on any atom is 0.312 e. The van der Waals surface area contributed by atoms with Crippen LogP contribution < -0.4 is 0 Å².